The highest BCUT2D eigenvalue weighted by Gasteiger charge is 2.61. The lowest BCUT2D eigenvalue weighted by molar-refractivity contribution is -0.143. The number of benzene rings is 1. The number of nitrogens with one attached hydrogen (secondary N) is 8. The molecule has 5 unspecified atom stereocenters. The number of nitrogens with two attached hydrogens (primary N) is 8. The first-order chi connectivity index (χ1) is 67.8. The first-order valence-corrected chi connectivity index (χ1v) is 53.4. The Bertz CT molecular complexity index is 4500. The van der Waals surface area contributed by atoms with Crippen LogP contribution in [0.15, 0.2) is 46.8 Å². The summed E-state index contributed by atoms with van der Waals surface area (Å²) in [6.45, 7) is 15.5. The fourth-order valence-corrected chi connectivity index (χ4v) is 23.1. The van der Waals surface area contributed by atoms with Crippen molar-refractivity contribution in [1.29, 1.82) is 0 Å². The Balaban J connectivity index is 1.16. The van der Waals surface area contributed by atoms with Gasteiger partial charge in [-0.1, -0.05) is 67.0 Å². The minimum atomic E-state index is -1.87. The van der Waals surface area contributed by atoms with E-state index in [1.807, 2.05) is 27.7 Å². The number of unbranched alkanes of at least 4 members (excludes halogenated alkanes) is 3. The van der Waals surface area contributed by atoms with Crippen LogP contribution in [0, 0.1) is 93.7 Å². The molecule has 1 heterocycles. The molecule has 143 heavy (non-hydrogen) atoms. The fraction of sp³-hybridized carbons (Fsp3) is 0.748. The van der Waals surface area contributed by atoms with E-state index in [2.05, 4.69) is 77.9 Å². The maximum Gasteiger partial charge on any atom is 0.304 e. The first kappa shape index (κ1) is 122. The minimum Gasteiger partial charge on any atom is -0.508 e. The van der Waals surface area contributed by atoms with Gasteiger partial charge in [0.25, 0.3) is 0 Å². The molecular formula is C103H171N19O20S. The second-order valence-corrected chi connectivity index (χ2v) is 43.3. The standard InChI is InChI=1S/C103H171N19O20S/c1-59(2)44-67(97(140)120-82(93(107)136)55-71-56-112-58-115-71)50-85(128)80(22-17-42-114-101(110)111)118-98(141)68(46-63-24-27-72(125)28-25-63)51-86(129)79(21-12-15-40-106)117-99(142)69(53-91(134)135)52-89(132)92(62(6)124)122-96(139)66(35-43-143-9)49-88(131)83(57-123)121-95(138)65(19-16-41-113-100(108)109)48-87(130)81(45-60(3)4)119-94(137)64(18-10-13-38-104)47-84(127)78(20-11-14-39-105)116-90(133)32-23-61(5)75-30-31-76-74-29-26-70-54-73(126)33-36-102(70,7)77(74)34-37-103(75,76)8/h24-25,27-28,56,58-62,64-70,73-83,92,123-126H,10-23,26,29-55,57,104-106H2,1-9H3,(H2,107,136)(H,112,115)(H,116,133)(H,117,142)(H,118,141)(H,119,137)(H,120,140)(H,121,138)(H,122,139)(H,134,135)(H4,108,109,113)(H4,110,111,114)/t61-,62-,64-,65-,66-,67-,68-,69+,70?,73-,74?,75-,76?,77?,78+,79+,80+,81?,82+,83+,92+,102+,103-/m1/s1. The van der Waals surface area contributed by atoms with Crippen molar-refractivity contribution >= 4 is 112 Å². The number of hydrogen-bond acceptors (Lipinski definition) is 26. The van der Waals surface area contributed by atoms with Gasteiger partial charge in [0.15, 0.2) is 46.6 Å². The van der Waals surface area contributed by atoms with E-state index in [0.29, 0.717) is 98.9 Å². The van der Waals surface area contributed by atoms with Gasteiger partial charge in [0, 0.05) is 106 Å². The number of Topliss-reactive ketones (excluding diaryl/α,β-unsaturated/α-hetero) is 6. The molecule has 40 heteroatoms. The monoisotopic (exact) mass is 2030 g/mol. The number of aliphatic hydroxyl groups is 3. The van der Waals surface area contributed by atoms with Crippen LogP contribution in [0.2, 0.25) is 0 Å². The van der Waals surface area contributed by atoms with Gasteiger partial charge in [-0.15, -0.1) is 0 Å². The van der Waals surface area contributed by atoms with Crippen LogP contribution in [0.1, 0.15) is 285 Å². The molecule has 29 N–H and O–H groups in total. The quantitative estimate of drug-likeness (QED) is 0.0239. The maximum atomic E-state index is 15.0. The Labute approximate surface area is 847 Å². The van der Waals surface area contributed by atoms with E-state index in [1.54, 1.807) is 6.26 Å². The number of guanidine groups is 2. The normalized spacial score (nSPS) is 21.8. The number of carbonyl (C=O) groups excluding carboxylic acids is 14. The van der Waals surface area contributed by atoms with Crippen LogP contribution in [0.4, 0.5) is 0 Å². The number of H-pyrrole nitrogens is 1. The number of phenols is 1. The molecule has 4 aliphatic carbocycles. The van der Waals surface area contributed by atoms with Gasteiger partial charge in [-0.2, -0.15) is 11.8 Å². The number of imidazole rings is 1. The molecule has 4 aliphatic rings. The van der Waals surface area contributed by atoms with E-state index < -0.39 is 205 Å². The van der Waals surface area contributed by atoms with Crippen molar-refractivity contribution < 1.29 is 97.5 Å². The number of carboxylic acids is 1. The van der Waals surface area contributed by atoms with Gasteiger partial charge in [0.05, 0.1) is 61.6 Å². The molecule has 1 aromatic carbocycles. The predicted molar refractivity (Wildman–Crippen MR) is 547 cm³/mol. The molecule has 2 aromatic rings. The molecule has 0 aliphatic heterocycles. The Hall–Kier alpha value is -9.87. The zero-order valence-corrected chi connectivity index (χ0v) is 86.7. The van der Waals surface area contributed by atoms with E-state index in [0.717, 1.165) is 39.0 Å². The number of fused-ring (bicyclic) bond motifs is 5. The number of aromatic hydroxyl groups is 1. The van der Waals surface area contributed by atoms with Crippen LogP contribution in [0.3, 0.4) is 0 Å². The highest BCUT2D eigenvalue weighted by Crippen LogP contribution is 2.68. The Kier molecular flexibility index (Phi) is 52.4. The Morgan fingerprint density at radius 1 is 0.490 bits per heavy atom. The first-order valence-electron chi connectivity index (χ1n) is 52.0. The van der Waals surface area contributed by atoms with Crippen LogP contribution in [0.5, 0.6) is 5.75 Å². The third-order valence-corrected chi connectivity index (χ3v) is 31.1. The lowest BCUT2D eigenvalue weighted by atomic mass is 9.44. The fourth-order valence-electron chi connectivity index (χ4n) is 22.6. The molecule has 1 aromatic heterocycles. The summed E-state index contributed by atoms with van der Waals surface area (Å²) in [6, 6.07) is -4.02. The summed E-state index contributed by atoms with van der Waals surface area (Å²) in [5, 5.41) is 72.6. The smallest absolute Gasteiger partial charge is 0.304 e. The number of hydrogen-bond donors (Lipinski definition) is 21. The molecule has 0 bridgehead atoms. The van der Waals surface area contributed by atoms with Gasteiger partial charge in [-0.3, -0.25) is 81.9 Å². The number of carbonyl (C=O) groups is 15. The Morgan fingerprint density at radius 2 is 0.951 bits per heavy atom. The lowest BCUT2D eigenvalue weighted by Crippen LogP contribution is -2.54. The molecule has 8 amide bonds. The third kappa shape index (κ3) is 39.8. The summed E-state index contributed by atoms with van der Waals surface area (Å²) in [5.41, 5.74) is 47.5. The minimum absolute atomic E-state index is 0.00393. The highest BCUT2D eigenvalue weighted by molar-refractivity contribution is 7.98. The van der Waals surface area contributed by atoms with Crippen LogP contribution in [-0.2, 0) is 84.8 Å². The van der Waals surface area contributed by atoms with Crippen molar-refractivity contribution in [2.45, 2.75) is 341 Å². The number of aromatic nitrogens is 2. The zero-order valence-electron chi connectivity index (χ0n) is 85.9. The number of amides is 8. The van der Waals surface area contributed by atoms with Crippen LogP contribution in [0.25, 0.3) is 0 Å². The van der Waals surface area contributed by atoms with Crippen molar-refractivity contribution in [1.82, 2.24) is 47.2 Å². The predicted octanol–water partition coefficient (Wildman–Crippen LogP) is 4.86. The van der Waals surface area contributed by atoms with Crippen molar-refractivity contribution in [3.8, 4) is 5.75 Å². The van der Waals surface area contributed by atoms with Crippen molar-refractivity contribution in [2.24, 2.45) is 150 Å². The molecule has 6 rings (SSSR count). The Morgan fingerprint density at radius 3 is 1.48 bits per heavy atom. The zero-order chi connectivity index (χ0) is 106. The number of aliphatic hydroxyl groups excluding tert-OH is 3. The summed E-state index contributed by atoms with van der Waals surface area (Å²) >= 11 is 1.28. The molecule has 23 atom stereocenters. The molecule has 39 nitrogen and oxygen atoms in total. The molecule has 4 saturated carbocycles. The third-order valence-electron chi connectivity index (χ3n) is 30.5. The second-order valence-electron chi connectivity index (χ2n) is 42.3. The van der Waals surface area contributed by atoms with Crippen LogP contribution >= 0.6 is 11.8 Å². The van der Waals surface area contributed by atoms with Crippen LogP contribution in [-0.4, -0.2) is 241 Å². The number of primary amides is 1. The van der Waals surface area contributed by atoms with Gasteiger partial charge in [-0.25, -0.2) is 4.98 Å². The number of aliphatic imine (C=N–C) groups is 2. The largest absolute Gasteiger partial charge is 0.508 e. The average Bonchev–Trinajstić information content (AvgIpc) is 1.61. The van der Waals surface area contributed by atoms with Gasteiger partial charge < -0.3 is 114 Å². The SMILES string of the molecule is CSCC[C@H](CC(=O)[C@H](CO)NC(=O)[C@H](CCCN=C(N)N)CC(=O)C(CC(C)C)NC(=O)[C@H](CCCCN)CC(=O)[C@H](CCCCN)NC(=O)CC[C@@H](C)[C@H]1CCC2C3CCC4C[C@H](O)CC[C@]4(C)C3CC[C@@]21C)C(=O)N[C@H](C(=O)C[C@@H](CC(=O)O)C(=O)N[C@@H](CCCCN)C(=O)C[C@@H](Cc1ccc(O)cc1)C(=O)N[C@@H](CCCN=C(N)N)C(=O)C[C@@H](CC(C)C)C(=O)N[C@@H](Cc1cnc[nH]1)C(N)=O)[C@@H](C)O. The topological polar surface area (TPSA) is 703 Å². The van der Waals surface area contributed by atoms with E-state index in [1.165, 1.54) is 74.2 Å². The molecule has 0 spiro atoms. The number of thioether (sulfide) groups is 1. The second kappa shape index (κ2) is 61.5. The highest BCUT2D eigenvalue weighted by atomic mass is 32.2. The van der Waals surface area contributed by atoms with Crippen molar-refractivity contribution in [3.05, 3.63) is 48.0 Å². The number of nitrogens with zero attached hydrogens (tertiary/aromatic N) is 3. The van der Waals surface area contributed by atoms with Gasteiger partial charge in [0.1, 0.15) is 23.9 Å². The van der Waals surface area contributed by atoms with E-state index in [9.17, 15) is 92.7 Å². The van der Waals surface area contributed by atoms with Gasteiger partial charge >= 0.3 is 5.97 Å². The van der Waals surface area contributed by atoms with E-state index in [-0.39, 0.29) is 179 Å². The number of aliphatic carboxylic acids is 1. The molecule has 804 valence electrons. The van der Waals surface area contributed by atoms with Crippen LogP contribution < -0.4 is 83.1 Å². The molecule has 4 fully saturated rings. The maximum absolute atomic E-state index is 15.0. The van der Waals surface area contributed by atoms with Gasteiger partial charge in [0.2, 0.25) is 47.3 Å². The molecule has 0 saturated heterocycles. The summed E-state index contributed by atoms with van der Waals surface area (Å²) in [7, 11) is 0. The van der Waals surface area contributed by atoms with E-state index in [4.69, 9.17) is 45.9 Å². The molecular weight excluding hydrogens is 1860 g/mol. The summed E-state index contributed by atoms with van der Waals surface area (Å²) < 4.78 is 0. The van der Waals surface area contributed by atoms with Crippen molar-refractivity contribution in [2.75, 3.05) is 51.3 Å². The average molecular weight is 2030 g/mol. The number of aromatic amines is 1. The number of phenolic OH excluding ortho intramolecular Hbond substituents is 1. The molecule has 0 radical (unpaired) electrons. The number of rotatable bonds is 71. The number of ketones is 6. The lowest BCUT2D eigenvalue weighted by Gasteiger charge is -2.61. The van der Waals surface area contributed by atoms with Gasteiger partial charge in [-0.05, 0) is 281 Å². The summed E-state index contributed by atoms with van der Waals surface area (Å²) in [6.07, 6.45) is 11.9. The summed E-state index contributed by atoms with van der Waals surface area (Å²) in [5.74, 6) is -17.2. The van der Waals surface area contributed by atoms with Crippen molar-refractivity contribution in [3.63, 3.8) is 0 Å². The number of carboxylic acid groups (broad SMARTS) is 1. The van der Waals surface area contributed by atoms with E-state index >= 15 is 4.79 Å². The summed E-state index contributed by atoms with van der Waals surface area (Å²) in [4.78, 5) is 231.